The standard InChI is InChI=1S/C23H43N2O5.2CH4.Na.O3S/c1-5-11-19(21(29)24-18(4)7-3)13-9-8-10-14-20(12-6-2)22(30)25-23(15-26,16-27)17-28;;;;1-4(2)3/h15,18-20,27-28H,4-14,16-17H2,1-3H3,(H,24,29)(H,25,30);2*1H4;;/q-1;;;+1;. The number of nitrogens with one attached hydrogen (secondary N) is 2. The number of rotatable bonds is 18. The predicted octanol–water partition coefficient (Wildman–Crippen LogP) is -0.191. The molecular weight excluding hydrogens is 511 g/mol. The van der Waals surface area contributed by atoms with Gasteiger partial charge in [0.2, 0.25) is 11.8 Å². The van der Waals surface area contributed by atoms with Crippen LogP contribution in [0.4, 0.5) is 0 Å². The van der Waals surface area contributed by atoms with Crippen molar-refractivity contribution in [2.75, 3.05) is 13.2 Å². The van der Waals surface area contributed by atoms with Crippen LogP contribution in [0.3, 0.4) is 0 Å². The molecule has 0 bridgehead atoms. The van der Waals surface area contributed by atoms with Crippen LogP contribution in [-0.2, 0) is 25.0 Å². The fourth-order valence-corrected chi connectivity index (χ4v) is 3.47. The van der Waals surface area contributed by atoms with Crippen LogP contribution in [0, 0.1) is 18.8 Å². The Morgan fingerprint density at radius 3 is 1.59 bits per heavy atom. The van der Waals surface area contributed by atoms with E-state index in [0.29, 0.717) is 19.1 Å². The quantitative estimate of drug-likeness (QED) is 0.0772. The van der Waals surface area contributed by atoms with Crippen molar-refractivity contribution in [3.63, 3.8) is 0 Å². The molecule has 10 nitrogen and oxygen atoms in total. The first-order valence-electron chi connectivity index (χ1n) is 12.0. The summed E-state index contributed by atoms with van der Waals surface area (Å²) in [6.07, 6.45) is 8.70. The summed E-state index contributed by atoms with van der Waals surface area (Å²) in [5.74, 6) is -0.488. The Morgan fingerprint density at radius 1 is 0.865 bits per heavy atom. The third-order valence-electron chi connectivity index (χ3n) is 5.62. The summed E-state index contributed by atoms with van der Waals surface area (Å²) in [6.45, 7) is 8.72. The van der Waals surface area contributed by atoms with E-state index in [9.17, 15) is 24.6 Å². The van der Waals surface area contributed by atoms with Crippen molar-refractivity contribution in [2.24, 2.45) is 11.8 Å². The third kappa shape index (κ3) is 22.8. The first kappa shape index (κ1) is 46.0. The normalized spacial score (nSPS) is 12.5. The van der Waals surface area contributed by atoms with E-state index in [2.05, 4.69) is 24.5 Å². The summed E-state index contributed by atoms with van der Waals surface area (Å²) >= 11 is 0. The van der Waals surface area contributed by atoms with Crippen molar-refractivity contribution in [2.45, 2.75) is 111 Å². The molecule has 216 valence electrons. The molecule has 0 fully saturated rings. The summed E-state index contributed by atoms with van der Waals surface area (Å²) in [6, 6.07) is -0.0542. The van der Waals surface area contributed by atoms with Crippen molar-refractivity contribution in [1.82, 2.24) is 10.6 Å². The van der Waals surface area contributed by atoms with Crippen LogP contribution in [0.25, 0.3) is 0 Å². The van der Waals surface area contributed by atoms with Crippen LogP contribution >= 0.6 is 0 Å². The molecule has 12 heteroatoms. The Kier molecular flexibility index (Phi) is 35.0. The Hall–Kier alpha value is -0.850. The van der Waals surface area contributed by atoms with Gasteiger partial charge >= 0.3 is 40.2 Å². The van der Waals surface area contributed by atoms with E-state index in [1.54, 1.807) is 0 Å². The van der Waals surface area contributed by atoms with Crippen LogP contribution in [0.1, 0.15) is 99.8 Å². The second-order valence-corrected chi connectivity index (χ2v) is 8.91. The average molecular weight is 563 g/mol. The van der Waals surface area contributed by atoms with Gasteiger partial charge in [0.1, 0.15) is 11.8 Å². The van der Waals surface area contributed by atoms with E-state index in [1.807, 2.05) is 13.8 Å². The zero-order valence-electron chi connectivity index (χ0n) is 21.8. The first-order chi connectivity index (χ1) is 16.1. The van der Waals surface area contributed by atoms with Gasteiger partial charge in [0.05, 0.1) is 13.2 Å². The molecule has 2 amide bonds. The van der Waals surface area contributed by atoms with E-state index in [0.717, 1.165) is 51.4 Å². The molecule has 0 radical (unpaired) electrons. The zero-order chi connectivity index (χ0) is 26.6. The summed E-state index contributed by atoms with van der Waals surface area (Å²) in [7, 11) is -3.11. The maximum Gasteiger partial charge on any atom is 1.00 e. The van der Waals surface area contributed by atoms with Gasteiger partial charge in [-0.3, -0.25) is 9.59 Å². The average Bonchev–Trinajstić information content (AvgIpc) is 2.80. The van der Waals surface area contributed by atoms with Gasteiger partial charge in [-0.05, 0) is 25.7 Å². The molecule has 0 saturated heterocycles. The molecule has 0 aromatic heterocycles. The fraction of sp³-hybridized carbons (Fsp3) is 0.840. The zero-order valence-corrected chi connectivity index (χ0v) is 24.6. The maximum absolute atomic E-state index is 12.6. The van der Waals surface area contributed by atoms with Crippen molar-refractivity contribution in [1.29, 1.82) is 0 Å². The number of aliphatic hydroxyl groups is 2. The molecule has 0 rings (SSSR count). The van der Waals surface area contributed by atoms with Crippen LogP contribution in [0.15, 0.2) is 0 Å². The summed E-state index contributed by atoms with van der Waals surface area (Å²) in [4.78, 5) is 36.1. The SMILES string of the molecule is C.C.O=S(=O)=O.[CH2-]C(CC)NC(=O)C(CCC)CCCCCC(CCC)C(=O)NC(C=O)(CO)CO.[Na+]. The topological polar surface area (TPSA) is 167 Å². The molecule has 0 heterocycles. The summed E-state index contributed by atoms with van der Waals surface area (Å²) < 4.78 is 25.3. The van der Waals surface area contributed by atoms with Gasteiger partial charge in [-0.2, -0.15) is 0 Å². The predicted molar refractivity (Wildman–Crippen MR) is 142 cm³/mol. The minimum Gasteiger partial charge on any atom is -0.393 e. The second kappa shape index (κ2) is 28.2. The number of amides is 2. The van der Waals surface area contributed by atoms with Crippen molar-refractivity contribution in [3.05, 3.63) is 6.92 Å². The van der Waals surface area contributed by atoms with Gasteiger partial charge < -0.3 is 32.6 Å². The molecule has 0 saturated carbocycles. The first-order valence-corrected chi connectivity index (χ1v) is 13.0. The monoisotopic (exact) mass is 562 g/mol. The minimum absolute atomic E-state index is 0. The van der Waals surface area contributed by atoms with Gasteiger partial charge in [-0.25, -0.2) is 0 Å². The summed E-state index contributed by atoms with van der Waals surface area (Å²) in [5, 5.41) is 24.2. The van der Waals surface area contributed by atoms with Crippen molar-refractivity contribution in [3.8, 4) is 0 Å². The Labute approximate surface area is 248 Å². The van der Waals surface area contributed by atoms with E-state index in [1.165, 1.54) is 0 Å². The molecule has 4 N–H and O–H groups in total. The van der Waals surface area contributed by atoms with Crippen LogP contribution in [-0.4, -0.2) is 65.7 Å². The smallest absolute Gasteiger partial charge is 0.393 e. The summed E-state index contributed by atoms with van der Waals surface area (Å²) in [5.41, 5.74) is -1.62. The Morgan fingerprint density at radius 2 is 1.27 bits per heavy atom. The van der Waals surface area contributed by atoms with Crippen molar-refractivity contribution >= 4 is 28.7 Å². The second-order valence-electron chi connectivity index (χ2n) is 8.51. The number of hydrogen-bond acceptors (Lipinski definition) is 8. The number of hydrogen-bond donors (Lipinski definition) is 4. The number of carbonyl (C=O) groups is 3. The maximum atomic E-state index is 12.6. The van der Waals surface area contributed by atoms with Crippen LogP contribution < -0.4 is 40.2 Å². The molecule has 0 aliphatic carbocycles. The molecule has 3 unspecified atom stereocenters. The van der Waals surface area contributed by atoms with Gasteiger partial charge in [0.25, 0.3) is 0 Å². The molecule has 0 aromatic carbocycles. The molecule has 0 aliphatic rings. The Bertz CT molecular complexity index is 681. The van der Waals surface area contributed by atoms with Crippen molar-refractivity contribution < 1.29 is 66.8 Å². The molecule has 37 heavy (non-hydrogen) atoms. The van der Waals surface area contributed by atoms with E-state index < -0.39 is 29.4 Å². The van der Waals surface area contributed by atoms with E-state index in [4.69, 9.17) is 12.6 Å². The molecule has 3 atom stereocenters. The van der Waals surface area contributed by atoms with Crippen LogP contribution in [0.2, 0.25) is 0 Å². The number of aldehydes is 1. The van der Waals surface area contributed by atoms with Gasteiger partial charge in [-0.15, -0.1) is 12.6 Å². The molecule has 0 aliphatic heterocycles. The van der Waals surface area contributed by atoms with Gasteiger partial charge in [-0.1, -0.05) is 80.2 Å². The van der Waals surface area contributed by atoms with Gasteiger partial charge in [0, 0.05) is 11.8 Å². The number of carbonyl (C=O) groups excluding carboxylic acids is 3. The number of unbranched alkanes of at least 4 members (excludes halogenated alkanes) is 2. The molecular formula is C25H51N2NaO8S. The largest absolute Gasteiger partial charge is 1.00 e. The van der Waals surface area contributed by atoms with Crippen LogP contribution in [0.5, 0.6) is 0 Å². The van der Waals surface area contributed by atoms with E-state index >= 15 is 0 Å². The molecule has 0 spiro atoms. The Balaban J connectivity index is -0.000000452. The fourth-order valence-electron chi connectivity index (χ4n) is 3.47. The third-order valence-corrected chi connectivity index (χ3v) is 5.62. The number of aliphatic hydroxyl groups excluding tert-OH is 2. The van der Waals surface area contributed by atoms with E-state index in [-0.39, 0.29) is 74.1 Å². The van der Waals surface area contributed by atoms with Gasteiger partial charge in [0.15, 0.2) is 0 Å². The molecule has 0 aromatic rings. The minimum atomic E-state index is -3.11.